The standard InChI is InChI=1S/C30H32Cl2F2N2O/c1-3-5-6-12-25(22-10-9-11-24(32)19-22)30(21-14-16-23(31)17-15-21)36(29(37)4-2)27(20-28(33)34)26-13-7-8-18-35-26/h3,7-11,13-19,25,27-28,30H,1,4-6,12,20H2,2H3/t25-,27?,30-/m1/s1. The van der Waals surface area contributed by atoms with Gasteiger partial charge in [0.25, 0.3) is 0 Å². The normalized spacial score (nSPS) is 13.7. The van der Waals surface area contributed by atoms with Crippen molar-refractivity contribution >= 4 is 29.1 Å². The lowest BCUT2D eigenvalue weighted by molar-refractivity contribution is -0.138. The van der Waals surface area contributed by atoms with Crippen molar-refractivity contribution in [1.82, 2.24) is 9.88 Å². The van der Waals surface area contributed by atoms with Gasteiger partial charge in [0.05, 0.1) is 17.8 Å². The van der Waals surface area contributed by atoms with Crippen LogP contribution >= 0.6 is 23.2 Å². The van der Waals surface area contributed by atoms with E-state index in [1.54, 1.807) is 54.4 Å². The Hall–Kier alpha value is -2.76. The molecular weight excluding hydrogens is 513 g/mol. The van der Waals surface area contributed by atoms with E-state index in [1.165, 1.54) is 0 Å². The van der Waals surface area contributed by atoms with Gasteiger partial charge in [-0.05, 0) is 66.8 Å². The van der Waals surface area contributed by atoms with E-state index < -0.39 is 24.9 Å². The summed E-state index contributed by atoms with van der Waals surface area (Å²) in [6, 6.07) is 18.5. The minimum absolute atomic E-state index is 0.158. The molecule has 0 saturated heterocycles. The van der Waals surface area contributed by atoms with E-state index in [1.807, 2.05) is 36.4 Å². The maximum Gasteiger partial charge on any atom is 0.241 e. The predicted octanol–water partition coefficient (Wildman–Crippen LogP) is 9.20. The Labute approximate surface area is 228 Å². The van der Waals surface area contributed by atoms with Crippen LogP contribution in [0.15, 0.2) is 85.6 Å². The van der Waals surface area contributed by atoms with Crippen LogP contribution in [0.1, 0.15) is 73.9 Å². The Kier molecular flexibility index (Phi) is 11.1. The first-order chi connectivity index (χ1) is 17.8. The van der Waals surface area contributed by atoms with E-state index >= 15 is 0 Å². The molecule has 2 aromatic carbocycles. The number of amides is 1. The zero-order valence-corrected chi connectivity index (χ0v) is 22.4. The summed E-state index contributed by atoms with van der Waals surface area (Å²) in [5.41, 5.74) is 2.17. The highest BCUT2D eigenvalue weighted by atomic mass is 35.5. The lowest BCUT2D eigenvalue weighted by Gasteiger charge is -2.42. The van der Waals surface area contributed by atoms with Crippen molar-refractivity contribution in [3.05, 3.63) is 112 Å². The van der Waals surface area contributed by atoms with Crippen LogP contribution in [0, 0.1) is 0 Å². The summed E-state index contributed by atoms with van der Waals surface area (Å²) in [5.74, 6) is -0.453. The SMILES string of the molecule is C=CCCC[C@H](c1cccc(Cl)c1)[C@@H](c1ccc(Cl)cc1)N(C(=O)CC)C(CC(F)F)c1ccccn1. The Balaban J connectivity index is 2.27. The van der Waals surface area contributed by atoms with E-state index in [-0.39, 0.29) is 18.2 Å². The molecule has 0 fully saturated rings. The molecule has 1 amide bonds. The number of rotatable bonds is 13. The van der Waals surface area contributed by atoms with Gasteiger partial charge in [0.2, 0.25) is 12.3 Å². The molecule has 0 bridgehead atoms. The molecule has 3 atom stereocenters. The van der Waals surface area contributed by atoms with Crippen LogP contribution in [0.3, 0.4) is 0 Å². The number of aromatic nitrogens is 1. The topological polar surface area (TPSA) is 33.2 Å². The van der Waals surface area contributed by atoms with Crippen LogP contribution in [0.2, 0.25) is 10.0 Å². The number of hydrogen-bond acceptors (Lipinski definition) is 2. The van der Waals surface area contributed by atoms with E-state index in [4.69, 9.17) is 23.2 Å². The van der Waals surface area contributed by atoms with Gasteiger partial charge in [0, 0.05) is 35.0 Å². The van der Waals surface area contributed by atoms with Crippen molar-refractivity contribution in [2.45, 2.75) is 63.5 Å². The first-order valence-corrected chi connectivity index (χ1v) is 13.2. The van der Waals surface area contributed by atoms with Gasteiger partial charge in [-0.1, -0.05) is 66.5 Å². The van der Waals surface area contributed by atoms with Gasteiger partial charge in [-0.25, -0.2) is 8.78 Å². The fourth-order valence-electron chi connectivity index (χ4n) is 4.80. The monoisotopic (exact) mass is 544 g/mol. The van der Waals surface area contributed by atoms with Crippen LogP contribution in [0.4, 0.5) is 8.78 Å². The molecule has 196 valence electrons. The third-order valence-corrected chi connectivity index (χ3v) is 6.94. The molecule has 7 heteroatoms. The molecule has 0 saturated carbocycles. The van der Waals surface area contributed by atoms with Crippen molar-refractivity contribution in [2.24, 2.45) is 0 Å². The number of halogens is 4. The third-order valence-electron chi connectivity index (χ3n) is 6.45. The Bertz CT molecular complexity index is 1140. The summed E-state index contributed by atoms with van der Waals surface area (Å²) in [6.45, 7) is 5.59. The van der Waals surface area contributed by atoms with Gasteiger partial charge in [-0.2, -0.15) is 0 Å². The summed E-state index contributed by atoms with van der Waals surface area (Å²) in [6.07, 6.45) is 2.71. The number of hydrogen-bond donors (Lipinski definition) is 0. The van der Waals surface area contributed by atoms with Crippen LogP contribution < -0.4 is 0 Å². The maximum absolute atomic E-state index is 14.0. The van der Waals surface area contributed by atoms with E-state index in [2.05, 4.69) is 11.6 Å². The summed E-state index contributed by atoms with van der Waals surface area (Å²) in [4.78, 5) is 19.7. The molecule has 1 aromatic heterocycles. The van der Waals surface area contributed by atoms with Gasteiger partial charge in [0.1, 0.15) is 0 Å². The molecule has 3 aromatic rings. The van der Waals surface area contributed by atoms with Gasteiger partial charge in [-0.3, -0.25) is 9.78 Å². The smallest absolute Gasteiger partial charge is 0.241 e. The van der Waals surface area contributed by atoms with Crippen molar-refractivity contribution in [3.8, 4) is 0 Å². The average molecular weight is 546 g/mol. The van der Waals surface area contributed by atoms with Crippen LogP contribution in [-0.4, -0.2) is 22.2 Å². The highest BCUT2D eigenvalue weighted by Crippen LogP contribution is 2.45. The molecule has 0 N–H and O–H groups in total. The van der Waals surface area contributed by atoms with Gasteiger partial charge < -0.3 is 4.90 Å². The minimum atomic E-state index is -2.63. The number of carbonyl (C=O) groups is 1. The fourth-order valence-corrected chi connectivity index (χ4v) is 5.12. The molecule has 3 rings (SSSR count). The summed E-state index contributed by atoms with van der Waals surface area (Å²) in [5, 5.41) is 1.12. The Morgan fingerprint density at radius 2 is 1.78 bits per heavy atom. The van der Waals surface area contributed by atoms with Crippen molar-refractivity contribution in [3.63, 3.8) is 0 Å². The largest absolute Gasteiger partial charge is 0.326 e. The maximum atomic E-state index is 14.0. The number of benzene rings is 2. The molecule has 0 radical (unpaired) electrons. The molecule has 1 unspecified atom stereocenters. The molecule has 0 spiro atoms. The Morgan fingerprint density at radius 3 is 2.38 bits per heavy atom. The summed E-state index contributed by atoms with van der Waals surface area (Å²) < 4.78 is 28.1. The highest BCUT2D eigenvalue weighted by Gasteiger charge is 2.39. The van der Waals surface area contributed by atoms with Gasteiger partial charge in [-0.15, -0.1) is 6.58 Å². The van der Waals surface area contributed by atoms with Crippen LogP contribution in [0.25, 0.3) is 0 Å². The van der Waals surface area contributed by atoms with Crippen molar-refractivity contribution < 1.29 is 13.6 Å². The number of allylic oxidation sites excluding steroid dienone is 1. The molecule has 37 heavy (non-hydrogen) atoms. The van der Waals surface area contributed by atoms with E-state index in [9.17, 15) is 13.6 Å². The quantitative estimate of drug-likeness (QED) is 0.158. The summed E-state index contributed by atoms with van der Waals surface area (Å²) in [7, 11) is 0. The predicted molar refractivity (Wildman–Crippen MR) is 147 cm³/mol. The molecule has 0 aliphatic carbocycles. The highest BCUT2D eigenvalue weighted by molar-refractivity contribution is 6.30. The second-order valence-electron chi connectivity index (χ2n) is 8.93. The molecule has 3 nitrogen and oxygen atoms in total. The van der Waals surface area contributed by atoms with E-state index in [0.717, 1.165) is 24.0 Å². The second-order valence-corrected chi connectivity index (χ2v) is 9.80. The molecule has 0 aliphatic heterocycles. The number of unbranched alkanes of at least 4 members (excludes halogenated alkanes) is 1. The van der Waals surface area contributed by atoms with Crippen LogP contribution in [0.5, 0.6) is 0 Å². The lowest BCUT2D eigenvalue weighted by Crippen LogP contribution is -2.41. The summed E-state index contributed by atoms with van der Waals surface area (Å²) >= 11 is 12.6. The molecule has 0 aliphatic rings. The number of alkyl halides is 2. The first-order valence-electron chi connectivity index (χ1n) is 12.5. The molecule has 1 heterocycles. The lowest BCUT2D eigenvalue weighted by atomic mass is 9.81. The number of nitrogens with zero attached hydrogens (tertiary/aromatic N) is 2. The zero-order valence-electron chi connectivity index (χ0n) is 20.9. The molecular formula is C30H32Cl2F2N2O. The third kappa shape index (κ3) is 7.86. The number of pyridine rings is 1. The first kappa shape index (κ1) is 28.8. The van der Waals surface area contributed by atoms with Crippen molar-refractivity contribution in [2.75, 3.05) is 0 Å². The van der Waals surface area contributed by atoms with Crippen molar-refractivity contribution in [1.29, 1.82) is 0 Å². The van der Waals surface area contributed by atoms with Gasteiger partial charge in [0.15, 0.2) is 0 Å². The second kappa shape index (κ2) is 14.3. The van der Waals surface area contributed by atoms with Gasteiger partial charge >= 0.3 is 0 Å². The fraction of sp³-hybridized carbons (Fsp3) is 0.333. The zero-order chi connectivity index (χ0) is 26.8. The minimum Gasteiger partial charge on any atom is -0.326 e. The number of carbonyl (C=O) groups excluding carboxylic acids is 1. The van der Waals surface area contributed by atoms with E-state index in [0.29, 0.717) is 22.2 Å². The average Bonchev–Trinajstić information content (AvgIpc) is 2.90. The van der Waals surface area contributed by atoms with Crippen LogP contribution in [-0.2, 0) is 4.79 Å². The Morgan fingerprint density at radius 1 is 1.03 bits per heavy atom.